The molecule has 0 saturated heterocycles. The van der Waals surface area contributed by atoms with Crippen LogP contribution in [0.15, 0.2) is 60.8 Å². The summed E-state index contributed by atoms with van der Waals surface area (Å²) in [6, 6.07) is 0. The van der Waals surface area contributed by atoms with Crippen LogP contribution in [0.3, 0.4) is 0 Å². The average Bonchev–Trinajstić information content (AvgIpc) is 2.54. The minimum absolute atomic E-state index is 1.05. The minimum Gasteiger partial charge on any atom is -0.0885 e. The quantitative estimate of drug-likeness (QED) is 0.227. The molecule has 0 fully saturated rings. The van der Waals surface area contributed by atoms with E-state index >= 15 is 0 Å². The largest absolute Gasteiger partial charge is 0.0885 e. The predicted molar refractivity (Wildman–Crippen MR) is 103 cm³/mol. The maximum Gasteiger partial charge on any atom is -0.0169 e. The van der Waals surface area contributed by atoms with Gasteiger partial charge in [0.1, 0.15) is 0 Å². The van der Waals surface area contributed by atoms with Gasteiger partial charge >= 0.3 is 0 Å². The molecule has 0 nitrogen and oxygen atoms in total. The Labute approximate surface area is 139 Å². The average molecular weight is 301 g/mol. The topological polar surface area (TPSA) is 0 Å². The fraction of sp³-hybridized carbons (Fsp3) is 0.545. The van der Waals surface area contributed by atoms with Gasteiger partial charge in [0, 0.05) is 0 Å². The minimum atomic E-state index is 1.05. The van der Waals surface area contributed by atoms with Gasteiger partial charge in [0.15, 0.2) is 0 Å². The van der Waals surface area contributed by atoms with Crippen molar-refractivity contribution >= 4 is 0 Å². The van der Waals surface area contributed by atoms with E-state index in [2.05, 4.69) is 74.6 Å². The monoisotopic (exact) mass is 300 g/mol. The number of rotatable bonds is 14. The summed E-state index contributed by atoms with van der Waals surface area (Å²) in [7, 11) is 0. The van der Waals surface area contributed by atoms with E-state index in [1.165, 1.54) is 32.1 Å². The Hall–Kier alpha value is -1.30. The second kappa shape index (κ2) is 19.7. The zero-order chi connectivity index (χ0) is 16.1. The van der Waals surface area contributed by atoms with Gasteiger partial charge in [0.25, 0.3) is 0 Å². The van der Waals surface area contributed by atoms with E-state index in [-0.39, 0.29) is 0 Å². The predicted octanol–water partition coefficient (Wildman–Crippen LogP) is 7.71. The van der Waals surface area contributed by atoms with Crippen molar-refractivity contribution in [2.24, 2.45) is 0 Å². The molecule has 0 aliphatic heterocycles. The van der Waals surface area contributed by atoms with E-state index in [0.717, 1.165) is 32.1 Å². The highest BCUT2D eigenvalue weighted by atomic mass is 13.9. The molecule has 0 rings (SSSR count). The zero-order valence-corrected chi connectivity index (χ0v) is 14.8. The molecule has 0 heteroatoms. The van der Waals surface area contributed by atoms with Crippen molar-refractivity contribution in [1.29, 1.82) is 0 Å². The van der Waals surface area contributed by atoms with Crippen LogP contribution < -0.4 is 0 Å². The molecule has 0 saturated carbocycles. The third-order valence-electron chi connectivity index (χ3n) is 3.38. The second-order valence-corrected chi connectivity index (χ2v) is 5.56. The van der Waals surface area contributed by atoms with Crippen LogP contribution in [0.2, 0.25) is 0 Å². The standard InChI is InChI=1S/C22H36/c1-3-5-7-9-11-13-15-17-19-21-22-20-18-16-14-12-10-8-6-4-2/h5,7,11,13-14,16-17,19-20,22H,3-4,6,8-10,12,15,18,21H2,1-2H3/b7-5+,13-11+,16-14+,19-17+,22-20+. The summed E-state index contributed by atoms with van der Waals surface area (Å²) in [5.74, 6) is 0. The number of unbranched alkanes of at least 4 members (excludes halogenated alkanes) is 4. The third kappa shape index (κ3) is 18.7. The Morgan fingerprint density at radius 2 is 0.909 bits per heavy atom. The molecule has 0 aromatic rings. The highest BCUT2D eigenvalue weighted by Gasteiger charge is 1.83. The van der Waals surface area contributed by atoms with E-state index < -0.39 is 0 Å². The van der Waals surface area contributed by atoms with Gasteiger partial charge in [-0.05, 0) is 44.9 Å². The molecule has 0 amide bonds. The van der Waals surface area contributed by atoms with Crippen LogP contribution in [0.5, 0.6) is 0 Å². The van der Waals surface area contributed by atoms with Crippen LogP contribution in [0.4, 0.5) is 0 Å². The van der Waals surface area contributed by atoms with Gasteiger partial charge in [-0.3, -0.25) is 0 Å². The van der Waals surface area contributed by atoms with Gasteiger partial charge in [0.2, 0.25) is 0 Å². The van der Waals surface area contributed by atoms with Gasteiger partial charge in [0.05, 0.1) is 0 Å². The molecule has 0 N–H and O–H groups in total. The lowest BCUT2D eigenvalue weighted by molar-refractivity contribution is 0.674. The molecule has 0 radical (unpaired) electrons. The number of hydrogen-bond acceptors (Lipinski definition) is 0. The van der Waals surface area contributed by atoms with Crippen LogP contribution in [-0.2, 0) is 0 Å². The summed E-state index contributed by atoms with van der Waals surface area (Å²) >= 11 is 0. The highest BCUT2D eigenvalue weighted by molar-refractivity contribution is 5.00. The normalized spacial score (nSPS) is 13.0. The SMILES string of the molecule is CC/C=C/C/C=C/C/C=C/C/C=C/C/C=C/CCCCCC. The molecule has 0 unspecified atom stereocenters. The Morgan fingerprint density at radius 1 is 0.455 bits per heavy atom. The lowest BCUT2D eigenvalue weighted by Crippen LogP contribution is -1.73. The molecule has 0 bridgehead atoms. The summed E-state index contributed by atoms with van der Waals surface area (Å²) in [5, 5.41) is 0. The van der Waals surface area contributed by atoms with Crippen molar-refractivity contribution < 1.29 is 0 Å². The third-order valence-corrected chi connectivity index (χ3v) is 3.38. The Kier molecular flexibility index (Phi) is 18.5. The lowest BCUT2D eigenvalue weighted by Gasteiger charge is -1.93. The van der Waals surface area contributed by atoms with Gasteiger partial charge in [-0.2, -0.15) is 0 Å². The van der Waals surface area contributed by atoms with Crippen molar-refractivity contribution in [3.63, 3.8) is 0 Å². The first kappa shape index (κ1) is 20.7. The van der Waals surface area contributed by atoms with Crippen LogP contribution in [0.25, 0.3) is 0 Å². The molecule has 0 atom stereocenters. The van der Waals surface area contributed by atoms with Crippen LogP contribution in [0, 0.1) is 0 Å². The lowest BCUT2D eigenvalue weighted by atomic mass is 10.1. The summed E-state index contributed by atoms with van der Waals surface area (Å²) in [5.41, 5.74) is 0. The van der Waals surface area contributed by atoms with Gasteiger partial charge in [-0.1, -0.05) is 93.9 Å². The molecular formula is C22H36. The molecular weight excluding hydrogens is 264 g/mol. The van der Waals surface area contributed by atoms with Crippen LogP contribution in [0.1, 0.15) is 78.1 Å². The van der Waals surface area contributed by atoms with Crippen molar-refractivity contribution in [3.05, 3.63) is 60.8 Å². The fourth-order valence-electron chi connectivity index (χ4n) is 2.06. The first-order valence-corrected chi connectivity index (χ1v) is 9.16. The Balaban J connectivity index is 3.40. The first-order valence-electron chi connectivity index (χ1n) is 9.16. The maximum atomic E-state index is 2.33. The fourth-order valence-corrected chi connectivity index (χ4v) is 2.06. The highest BCUT2D eigenvalue weighted by Crippen LogP contribution is 2.03. The number of hydrogen-bond donors (Lipinski definition) is 0. The zero-order valence-electron chi connectivity index (χ0n) is 14.8. The van der Waals surface area contributed by atoms with E-state index in [1.807, 2.05) is 0 Å². The number of allylic oxidation sites excluding steroid dienone is 10. The van der Waals surface area contributed by atoms with Gasteiger partial charge in [-0.15, -0.1) is 0 Å². The smallest absolute Gasteiger partial charge is 0.0169 e. The summed E-state index contributed by atoms with van der Waals surface area (Å²) in [6.45, 7) is 4.43. The van der Waals surface area contributed by atoms with Gasteiger partial charge < -0.3 is 0 Å². The molecule has 0 aliphatic carbocycles. The van der Waals surface area contributed by atoms with E-state index in [4.69, 9.17) is 0 Å². The van der Waals surface area contributed by atoms with Crippen LogP contribution >= 0.6 is 0 Å². The van der Waals surface area contributed by atoms with E-state index in [0.29, 0.717) is 0 Å². The second-order valence-electron chi connectivity index (χ2n) is 5.56. The Morgan fingerprint density at radius 3 is 1.36 bits per heavy atom. The first-order chi connectivity index (χ1) is 10.9. The summed E-state index contributed by atoms with van der Waals surface area (Å²) < 4.78 is 0. The maximum absolute atomic E-state index is 2.33. The molecule has 0 aromatic heterocycles. The van der Waals surface area contributed by atoms with E-state index in [1.54, 1.807) is 0 Å². The molecule has 22 heavy (non-hydrogen) atoms. The van der Waals surface area contributed by atoms with Crippen molar-refractivity contribution in [3.8, 4) is 0 Å². The Bertz CT molecular complexity index is 339. The summed E-state index contributed by atoms with van der Waals surface area (Å²) in [4.78, 5) is 0. The van der Waals surface area contributed by atoms with Crippen LogP contribution in [-0.4, -0.2) is 0 Å². The van der Waals surface area contributed by atoms with E-state index in [9.17, 15) is 0 Å². The molecule has 0 aliphatic rings. The summed E-state index contributed by atoms with van der Waals surface area (Å²) in [6.07, 6.45) is 34.6. The molecule has 124 valence electrons. The van der Waals surface area contributed by atoms with Gasteiger partial charge in [-0.25, -0.2) is 0 Å². The van der Waals surface area contributed by atoms with Crippen molar-refractivity contribution in [2.75, 3.05) is 0 Å². The van der Waals surface area contributed by atoms with Crippen molar-refractivity contribution in [1.82, 2.24) is 0 Å². The van der Waals surface area contributed by atoms with Crippen molar-refractivity contribution in [2.45, 2.75) is 78.1 Å². The molecule has 0 heterocycles. The molecule has 0 aromatic carbocycles. The molecule has 0 spiro atoms.